The molecule has 2 fully saturated rings. The highest BCUT2D eigenvalue weighted by atomic mass is 16.5. The summed E-state index contributed by atoms with van der Waals surface area (Å²) in [5.74, 6) is 0. The molecule has 2 saturated heterocycles. The summed E-state index contributed by atoms with van der Waals surface area (Å²) in [7, 11) is 0. The van der Waals surface area contributed by atoms with Crippen molar-refractivity contribution in [2.75, 3.05) is 26.2 Å². The minimum atomic E-state index is 0.470. The Morgan fingerprint density at radius 3 is 2.60 bits per heavy atom. The lowest BCUT2D eigenvalue weighted by atomic mass is 10.0. The van der Waals surface area contributed by atoms with Gasteiger partial charge in [-0.3, -0.25) is 4.90 Å². The number of hydrogen-bond donors (Lipinski definition) is 1. The molecule has 0 spiro atoms. The second kappa shape index (κ2) is 7.21. The third kappa shape index (κ3) is 4.05. The molecule has 0 aromatic heterocycles. The molecule has 20 heavy (non-hydrogen) atoms. The molecule has 3 heteroatoms. The Morgan fingerprint density at radius 1 is 1.10 bits per heavy atom. The summed E-state index contributed by atoms with van der Waals surface area (Å²) >= 11 is 0. The standard InChI is InChI=1S/C17H26N2O/c1-2-5-15(6-3-1)14-19-10-8-16(9-11-19)18-13-17-7-4-12-20-17/h1-3,5-6,16-18H,4,7-14H2/t17-/m1/s1. The van der Waals surface area contributed by atoms with Gasteiger partial charge in [-0.25, -0.2) is 0 Å². The molecular weight excluding hydrogens is 248 g/mol. The van der Waals surface area contributed by atoms with E-state index >= 15 is 0 Å². The Hall–Kier alpha value is -0.900. The number of piperidine rings is 1. The van der Waals surface area contributed by atoms with Crippen LogP contribution in [0.25, 0.3) is 0 Å². The molecule has 0 radical (unpaired) electrons. The SMILES string of the molecule is c1ccc(CN2CCC(NC[C@H]3CCCO3)CC2)cc1. The molecule has 2 aliphatic rings. The van der Waals surface area contributed by atoms with Crippen LogP contribution in [0.1, 0.15) is 31.2 Å². The van der Waals surface area contributed by atoms with E-state index in [-0.39, 0.29) is 0 Å². The van der Waals surface area contributed by atoms with Crippen molar-refractivity contribution in [3.05, 3.63) is 35.9 Å². The van der Waals surface area contributed by atoms with Crippen LogP contribution in [0, 0.1) is 0 Å². The third-order valence-electron chi connectivity index (χ3n) is 4.49. The van der Waals surface area contributed by atoms with Gasteiger partial charge < -0.3 is 10.1 Å². The second-order valence-electron chi connectivity index (χ2n) is 6.08. The topological polar surface area (TPSA) is 24.5 Å². The van der Waals surface area contributed by atoms with Crippen LogP contribution in [0.2, 0.25) is 0 Å². The van der Waals surface area contributed by atoms with Gasteiger partial charge in [-0.1, -0.05) is 30.3 Å². The molecule has 110 valence electrons. The molecule has 3 nitrogen and oxygen atoms in total. The molecule has 2 aliphatic heterocycles. The maximum Gasteiger partial charge on any atom is 0.0700 e. The smallest absolute Gasteiger partial charge is 0.0700 e. The molecule has 0 bridgehead atoms. The van der Waals surface area contributed by atoms with E-state index in [1.165, 1.54) is 44.3 Å². The first kappa shape index (κ1) is 14.1. The van der Waals surface area contributed by atoms with E-state index in [9.17, 15) is 0 Å². The summed E-state index contributed by atoms with van der Waals surface area (Å²) in [6.07, 6.45) is 5.47. The summed E-state index contributed by atoms with van der Waals surface area (Å²) in [6.45, 7) is 5.51. The van der Waals surface area contributed by atoms with Gasteiger partial charge in [-0.05, 0) is 44.3 Å². The van der Waals surface area contributed by atoms with E-state index < -0.39 is 0 Å². The van der Waals surface area contributed by atoms with Crippen LogP contribution in [-0.2, 0) is 11.3 Å². The Labute approximate surface area is 122 Å². The first-order chi connectivity index (χ1) is 9.90. The van der Waals surface area contributed by atoms with E-state index in [2.05, 4.69) is 40.5 Å². The molecule has 1 N–H and O–H groups in total. The molecule has 1 aromatic rings. The van der Waals surface area contributed by atoms with Crippen LogP contribution in [0.15, 0.2) is 30.3 Å². The van der Waals surface area contributed by atoms with Crippen molar-refractivity contribution in [2.45, 2.75) is 44.4 Å². The van der Waals surface area contributed by atoms with Gasteiger partial charge in [0.2, 0.25) is 0 Å². The highest BCUT2D eigenvalue weighted by Crippen LogP contribution is 2.15. The number of nitrogens with zero attached hydrogens (tertiary/aromatic N) is 1. The summed E-state index contributed by atoms with van der Waals surface area (Å²) in [6, 6.07) is 11.5. The van der Waals surface area contributed by atoms with Gasteiger partial charge in [-0.15, -0.1) is 0 Å². The molecule has 1 atom stereocenters. The van der Waals surface area contributed by atoms with Crippen LogP contribution in [-0.4, -0.2) is 43.3 Å². The molecule has 0 saturated carbocycles. The zero-order chi connectivity index (χ0) is 13.6. The predicted molar refractivity (Wildman–Crippen MR) is 81.7 cm³/mol. The Morgan fingerprint density at radius 2 is 1.90 bits per heavy atom. The summed E-state index contributed by atoms with van der Waals surface area (Å²) < 4.78 is 5.67. The minimum absolute atomic E-state index is 0.470. The quantitative estimate of drug-likeness (QED) is 0.892. The van der Waals surface area contributed by atoms with Crippen molar-refractivity contribution in [1.82, 2.24) is 10.2 Å². The largest absolute Gasteiger partial charge is 0.377 e. The Balaban J connectivity index is 1.36. The third-order valence-corrected chi connectivity index (χ3v) is 4.49. The lowest BCUT2D eigenvalue weighted by molar-refractivity contribution is 0.102. The second-order valence-corrected chi connectivity index (χ2v) is 6.08. The number of rotatable bonds is 5. The summed E-state index contributed by atoms with van der Waals surface area (Å²) in [5, 5.41) is 3.70. The van der Waals surface area contributed by atoms with Crippen LogP contribution in [0.5, 0.6) is 0 Å². The fraction of sp³-hybridized carbons (Fsp3) is 0.647. The molecular formula is C17H26N2O. The van der Waals surface area contributed by atoms with Gasteiger partial charge in [0.1, 0.15) is 0 Å². The van der Waals surface area contributed by atoms with Gasteiger partial charge in [0.25, 0.3) is 0 Å². The normalized spacial score (nSPS) is 25.1. The molecule has 0 amide bonds. The van der Waals surface area contributed by atoms with Gasteiger partial charge in [0.05, 0.1) is 6.10 Å². The Bertz CT molecular complexity index is 381. The number of ether oxygens (including phenoxy) is 1. The van der Waals surface area contributed by atoms with Crippen molar-refractivity contribution >= 4 is 0 Å². The Kier molecular flexibility index (Phi) is 5.06. The van der Waals surface area contributed by atoms with Crippen LogP contribution in [0.3, 0.4) is 0 Å². The van der Waals surface area contributed by atoms with Crippen molar-refractivity contribution in [3.8, 4) is 0 Å². The average Bonchev–Trinajstić information content (AvgIpc) is 3.01. The highest BCUT2D eigenvalue weighted by molar-refractivity contribution is 5.14. The molecule has 2 heterocycles. The highest BCUT2D eigenvalue weighted by Gasteiger charge is 2.21. The lowest BCUT2D eigenvalue weighted by Gasteiger charge is -2.33. The monoisotopic (exact) mass is 274 g/mol. The van der Waals surface area contributed by atoms with Crippen LogP contribution >= 0.6 is 0 Å². The number of likely N-dealkylation sites (tertiary alicyclic amines) is 1. The first-order valence-electron chi connectivity index (χ1n) is 8.01. The maximum atomic E-state index is 5.67. The van der Waals surface area contributed by atoms with Crippen molar-refractivity contribution in [3.63, 3.8) is 0 Å². The summed E-state index contributed by atoms with van der Waals surface area (Å²) in [4.78, 5) is 2.57. The molecule has 3 rings (SSSR count). The maximum absolute atomic E-state index is 5.67. The van der Waals surface area contributed by atoms with E-state index in [0.29, 0.717) is 12.1 Å². The van der Waals surface area contributed by atoms with E-state index in [0.717, 1.165) is 19.7 Å². The predicted octanol–water partition coefficient (Wildman–Crippen LogP) is 2.42. The van der Waals surface area contributed by atoms with Gasteiger partial charge in [0, 0.05) is 25.7 Å². The van der Waals surface area contributed by atoms with E-state index in [1.807, 2.05) is 0 Å². The van der Waals surface area contributed by atoms with Gasteiger partial charge >= 0.3 is 0 Å². The minimum Gasteiger partial charge on any atom is -0.377 e. The van der Waals surface area contributed by atoms with Crippen LogP contribution < -0.4 is 5.32 Å². The van der Waals surface area contributed by atoms with Crippen LogP contribution in [0.4, 0.5) is 0 Å². The summed E-state index contributed by atoms with van der Waals surface area (Å²) in [5.41, 5.74) is 1.43. The average molecular weight is 274 g/mol. The van der Waals surface area contributed by atoms with E-state index in [1.54, 1.807) is 0 Å². The number of nitrogens with one attached hydrogen (secondary N) is 1. The molecule has 0 aliphatic carbocycles. The number of hydrogen-bond acceptors (Lipinski definition) is 3. The van der Waals surface area contributed by atoms with Crippen molar-refractivity contribution < 1.29 is 4.74 Å². The number of benzene rings is 1. The molecule has 1 aromatic carbocycles. The fourth-order valence-corrected chi connectivity index (χ4v) is 3.24. The zero-order valence-electron chi connectivity index (χ0n) is 12.3. The van der Waals surface area contributed by atoms with Crippen molar-refractivity contribution in [2.24, 2.45) is 0 Å². The van der Waals surface area contributed by atoms with Gasteiger partial charge in [0.15, 0.2) is 0 Å². The van der Waals surface area contributed by atoms with Crippen molar-refractivity contribution in [1.29, 1.82) is 0 Å². The van der Waals surface area contributed by atoms with Gasteiger partial charge in [-0.2, -0.15) is 0 Å². The lowest BCUT2D eigenvalue weighted by Crippen LogP contribution is -2.44. The van der Waals surface area contributed by atoms with E-state index in [4.69, 9.17) is 4.74 Å². The fourth-order valence-electron chi connectivity index (χ4n) is 3.24. The first-order valence-corrected chi connectivity index (χ1v) is 8.01. The molecule has 0 unspecified atom stereocenters. The zero-order valence-corrected chi connectivity index (χ0v) is 12.3.